The molecule has 136 valence electrons. The van der Waals surface area contributed by atoms with E-state index < -0.39 is 6.09 Å². The van der Waals surface area contributed by atoms with Gasteiger partial charge in [0.1, 0.15) is 0 Å². The Morgan fingerprint density at radius 2 is 1.85 bits per heavy atom. The van der Waals surface area contributed by atoms with E-state index in [9.17, 15) is 4.79 Å². The number of hydrogen-bond donors (Lipinski definition) is 3. The smallest absolute Gasteiger partial charge is 0.411 e. The summed E-state index contributed by atoms with van der Waals surface area (Å²) >= 11 is 4.80. The van der Waals surface area contributed by atoms with Crippen LogP contribution in [0.5, 0.6) is 0 Å². The minimum Gasteiger partial charge on any atom is -0.449 e. The molecule has 0 spiro atoms. The second kappa shape index (κ2) is 10.1. The highest BCUT2D eigenvalue weighted by Crippen LogP contribution is 2.10. The first-order valence-corrected chi connectivity index (χ1v) is 8.63. The van der Waals surface area contributed by atoms with Gasteiger partial charge in [-0.25, -0.2) is 4.79 Å². The zero-order valence-electron chi connectivity index (χ0n) is 14.6. The molecule has 0 fully saturated rings. The van der Waals surface area contributed by atoms with Gasteiger partial charge in [0.25, 0.3) is 0 Å². The number of nitrogens with two attached hydrogens (primary N) is 1. The maximum Gasteiger partial charge on any atom is 0.411 e. The van der Waals surface area contributed by atoms with Gasteiger partial charge >= 0.3 is 6.09 Å². The van der Waals surface area contributed by atoms with Gasteiger partial charge in [-0.2, -0.15) is 5.10 Å². The van der Waals surface area contributed by atoms with E-state index in [1.807, 2.05) is 49.4 Å². The van der Waals surface area contributed by atoms with Crippen LogP contribution < -0.4 is 16.5 Å². The third-order valence-corrected chi connectivity index (χ3v) is 3.59. The van der Waals surface area contributed by atoms with Crippen LogP contribution in [0.4, 0.5) is 10.5 Å². The number of rotatable bonds is 7. The van der Waals surface area contributed by atoms with E-state index in [1.54, 1.807) is 12.1 Å². The lowest BCUT2D eigenvalue weighted by Crippen LogP contribution is -2.25. The zero-order chi connectivity index (χ0) is 18.8. The van der Waals surface area contributed by atoms with E-state index in [-0.39, 0.29) is 11.7 Å². The Balaban J connectivity index is 1.84. The van der Waals surface area contributed by atoms with E-state index in [4.69, 9.17) is 22.7 Å². The predicted octanol–water partition coefficient (Wildman–Crippen LogP) is 3.56. The van der Waals surface area contributed by atoms with Gasteiger partial charge in [0.15, 0.2) is 5.11 Å². The highest BCUT2D eigenvalue weighted by atomic mass is 32.1. The first kappa shape index (κ1) is 19.4. The summed E-state index contributed by atoms with van der Waals surface area (Å²) in [6.07, 6.45) is 0.747. The van der Waals surface area contributed by atoms with Gasteiger partial charge in [-0.3, -0.25) is 10.7 Å². The number of carbonyl (C=O) groups is 1. The molecule has 0 aliphatic carbocycles. The van der Waals surface area contributed by atoms with Crippen molar-refractivity contribution in [3.63, 3.8) is 0 Å². The first-order chi connectivity index (χ1) is 12.5. The maximum absolute atomic E-state index is 11.8. The number of amides is 1. The average Bonchev–Trinajstić information content (AvgIpc) is 2.62. The Bertz CT molecular complexity index is 761. The van der Waals surface area contributed by atoms with Gasteiger partial charge in [-0.15, -0.1) is 0 Å². The summed E-state index contributed by atoms with van der Waals surface area (Å²) in [5.41, 5.74) is 11.7. The fraction of sp³-hybridized carbons (Fsp3) is 0.211. The Labute approximate surface area is 158 Å². The van der Waals surface area contributed by atoms with Crippen molar-refractivity contribution in [2.45, 2.75) is 19.8 Å². The quantitative estimate of drug-likeness (QED) is 0.300. The molecule has 4 N–H and O–H groups in total. The largest absolute Gasteiger partial charge is 0.449 e. The van der Waals surface area contributed by atoms with Crippen LogP contribution in [-0.4, -0.2) is 23.5 Å². The molecule has 0 unspecified atom stereocenters. The lowest BCUT2D eigenvalue weighted by Gasteiger charge is -2.09. The molecule has 6 nitrogen and oxygen atoms in total. The highest BCUT2D eigenvalue weighted by molar-refractivity contribution is 7.80. The molecule has 0 aromatic heterocycles. The van der Waals surface area contributed by atoms with Crippen molar-refractivity contribution in [2.75, 3.05) is 11.9 Å². The SMILES string of the molecule is Cc1ccc(/C(CCCOC(=O)Nc2ccccc2)=N/NC(N)=S)cc1. The average molecular weight is 370 g/mol. The summed E-state index contributed by atoms with van der Waals surface area (Å²) in [7, 11) is 0. The third-order valence-electron chi connectivity index (χ3n) is 3.50. The number of hydrogen-bond acceptors (Lipinski definition) is 4. The molecule has 1 amide bonds. The molecular weight excluding hydrogens is 348 g/mol. The fourth-order valence-electron chi connectivity index (χ4n) is 2.21. The van der Waals surface area contributed by atoms with Crippen LogP contribution in [0.2, 0.25) is 0 Å². The minimum absolute atomic E-state index is 0.105. The Morgan fingerprint density at radius 3 is 2.50 bits per heavy atom. The standard InChI is InChI=1S/C19H22N4O2S/c1-14-9-11-15(12-10-14)17(22-23-18(20)26)8-5-13-25-19(24)21-16-6-3-2-4-7-16/h2-4,6-7,9-12H,5,8,13H2,1H3,(H,21,24)(H3,20,23,26)/b22-17+. The molecule has 0 heterocycles. The van der Waals surface area contributed by atoms with Crippen molar-refractivity contribution in [2.24, 2.45) is 10.8 Å². The van der Waals surface area contributed by atoms with Crippen LogP contribution >= 0.6 is 12.2 Å². The normalized spacial score (nSPS) is 10.9. The minimum atomic E-state index is -0.480. The van der Waals surface area contributed by atoms with Gasteiger partial charge < -0.3 is 10.5 Å². The number of anilines is 1. The number of para-hydroxylation sites is 1. The van der Waals surface area contributed by atoms with Gasteiger partial charge in [0.2, 0.25) is 0 Å². The number of hydrazone groups is 1. The lowest BCUT2D eigenvalue weighted by molar-refractivity contribution is 0.161. The molecule has 0 radical (unpaired) electrons. The van der Waals surface area contributed by atoms with Gasteiger partial charge in [-0.1, -0.05) is 48.0 Å². The zero-order valence-corrected chi connectivity index (χ0v) is 15.4. The Morgan fingerprint density at radius 1 is 1.15 bits per heavy atom. The Hall–Kier alpha value is -2.93. The molecule has 26 heavy (non-hydrogen) atoms. The highest BCUT2D eigenvalue weighted by Gasteiger charge is 2.07. The van der Waals surface area contributed by atoms with E-state index in [0.29, 0.717) is 18.5 Å². The van der Waals surface area contributed by atoms with Crippen LogP contribution in [-0.2, 0) is 4.74 Å². The summed E-state index contributed by atoms with van der Waals surface area (Å²) in [6, 6.07) is 17.1. The van der Waals surface area contributed by atoms with Gasteiger partial charge in [0.05, 0.1) is 12.3 Å². The van der Waals surface area contributed by atoms with E-state index in [0.717, 1.165) is 16.8 Å². The molecule has 2 aromatic carbocycles. The van der Waals surface area contributed by atoms with Crippen LogP contribution in [0.3, 0.4) is 0 Å². The number of nitrogens with zero attached hydrogens (tertiary/aromatic N) is 1. The predicted molar refractivity (Wildman–Crippen MR) is 108 cm³/mol. The first-order valence-electron chi connectivity index (χ1n) is 8.22. The molecule has 7 heteroatoms. The molecule has 0 aliphatic rings. The second-order valence-corrected chi connectivity index (χ2v) is 6.07. The van der Waals surface area contributed by atoms with Crippen molar-refractivity contribution in [3.8, 4) is 0 Å². The van der Waals surface area contributed by atoms with Crippen molar-refractivity contribution in [1.29, 1.82) is 0 Å². The van der Waals surface area contributed by atoms with E-state index in [2.05, 4.69) is 15.8 Å². The molecule has 2 rings (SSSR count). The third kappa shape index (κ3) is 6.90. The van der Waals surface area contributed by atoms with E-state index in [1.165, 1.54) is 0 Å². The molecule has 0 saturated carbocycles. The fourth-order valence-corrected chi connectivity index (χ4v) is 2.26. The van der Waals surface area contributed by atoms with Crippen LogP contribution in [0.15, 0.2) is 59.7 Å². The number of benzene rings is 2. The second-order valence-electron chi connectivity index (χ2n) is 5.63. The molecule has 0 bridgehead atoms. The van der Waals surface area contributed by atoms with Crippen LogP contribution in [0, 0.1) is 6.92 Å². The summed E-state index contributed by atoms with van der Waals surface area (Å²) in [5.74, 6) is 0. The molecule has 0 atom stereocenters. The van der Waals surface area contributed by atoms with Gasteiger partial charge in [-0.05, 0) is 49.7 Å². The molecular formula is C19H22N4O2S. The Kier molecular flexibility index (Phi) is 7.57. The summed E-state index contributed by atoms with van der Waals surface area (Å²) in [6.45, 7) is 2.30. The molecule has 0 saturated heterocycles. The van der Waals surface area contributed by atoms with Crippen molar-refractivity contribution < 1.29 is 9.53 Å². The number of nitrogens with one attached hydrogen (secondary N) is 2. The number of carbonyl (C=O) groups excluding carboxylic acids is 1. The lowest BCUT2D eigenvalue weighted by atomic mass is 10.0. The number of ether oxygens (including phenoxy) is 1. The summed E-state index contributed by atoms with van der Waals surface area (Å²) in [5, 5.41) is 7.03. The van der Waals surface area contributed by atoms with Gasteiger partial charge in [0, 0.05) is 5.69 Å². The van der Waals surface area contributed by atoms with Crippen molar-refractivity contribution in [1.82, 2.24) is 5.43 Å². The van der Waals surface area contributed by atoms with Crippen LogP contribution in [0.1, 0.15) is 24.0 Å². The number of aryl methyl sites for hydroxylation is 1. The molecule has 0 aliphatic heterocycles. The maximum atomic E-state index is 11.8. The van der Waals surface area contributed by atoms with E-state index >= 15 is 0 Å². The topological polar surface area (TPSA) is 88.7 Å². The summed E-state index contributed by atoms with van der Waals surface area (Å²) in [4.78, 5) is 11.8. The number of thiocarbonyl (C=S) groups is 1. The van der Waals surface area contributed by atoms with Crippen molar-refractivity contribution >= 4 is 34.8 Å². The molecule has 2 aromatic rings. The van der Waals surface area contributed by atoms with Crippen molar-refractivity contribution in [3.05, 3.63) is 65.7 Å². The monoisotopic (exact) mass is 370 g/mol. The van der Waals surface area contributed by atoms with Crippen LogP contribution in [0.25, 0.3) is 0 Å². The summed E-state index contributed by atoms with van der Waals surface area (Å²) < 4.78 is 5.20.